The molecular formula is C18H22O3. The second-order valence-corrected chi connectivity index (χ2v) is 5.39. The van der Waals surface area contributed by atoms with E-state index in [0.29, 0.717) is 11.1 Å². The molecule has 2 aromatic carbocycles. The fourth-order valence-electron chi connectivity index (χ4n) is 2.63. The van der Waals surface area contributed by atoms with Crippen molar-refractivity contribution in [2.75, 3.05) is 0 Å². The molecule has 2 aromatic rings. The molecule has 0 unspecified atom stereocenters. The number of aliphatic hydroxyl groups excluding tert-OH is 2. The first kappa shape index (κ1) is 15.5. The minimum Gasteiger partial charge on any atom is -0.507 e. The van der Waals surface area contributed by atoms with E-state index in [2.05, 4.69) is 32.9 Å². The molecule has 0 saturated carbocycles. The van der Waals surface area contributed by atoms with Crippen LogP contribution in [-0.2, 0) is 19.6 Å². The maximum absolute atomic E-state index is 9.94. The van der Waals surface area contributed by atoms with E-state index in [1.165, 1.54) is 16.7 Å². The lowest BCUT2D eigenvalue weighted by molar-refractivity contribution is 0.264. The number of hydrogen-bond acceptors (Lipinski definition) is 3. The third-order valence-electron chi connectivity index (χ3n) is 4.10. The van der Waals surface area contributed by atoms with Crippen LogP contribution in [0.3, 0.4) is 0 Å². The summed E-state index contributed by atoms with van der Waals surface area (Å²) in [5, 5.41) is 28.7. The lowest BCUT2D eigenvalue weighted by Crippen LogP contribution is -1.96. The molecule has 0 heterocycles. The molecule has 0 aromatic heterocycles. The highest BCUT2D eigenvalue weighted by molar-refractivity contribution is 5.69. The molecule has 0 saturated heterocycles. The molecule has 3 heteroatoms. The second-order valence-electron chi connectivity index (χ2n) is 5.39. The highest BCUT2D eigenvalue weighted by atomic mass is 16.3. The number of aromatic hydroxyl groups is 1. The maximum atomic E-state index is 9.94. The summed E-state index contributed by atoms with van der Waals surface area (Å²) < 4.78 is 0. The van der Waals surface area contributed by atoms with Crippen LogP contribution in [0.2, 0.25) is 0 Å². The van der Waals surface area contributed by atoms with Crippen LogP contribution in [0.4, 0.5) is 0 Å². The molecule has 0 fully saturated rings. The second kappa shape index (κ2) is 6.29. The fraction of sp³-hybridized carbons (Fsp3) is 0.333. The van der Waals surface area contributed by atoms with E-state index < -0.39 is 0 Å². The minimum atomic E-state index is -0.252. The number of aliphatic hydroxyl groups is 2. The smallest absolute Gasteiger partial charge is 0.126 e. The standard InChI is InChI=1S/C18H22O3/c1-4-13-6-14(5-11(2)12(13)3)15-7-16(9-19)18(21)17(8-15)10-20/h5-8,19-21H,4,9-10H2,1-3H3. The fourth-order valence-corrected chi connectivity index (χ4v) is 2.63. The van der Waals surface area contributed by atoms with Crippen LogP contribution in [0.25, 0.3) is 11.1 Å². The number of rotatable bonds is 4. The van der Waals surface area contributed by atoms with Crippen molar-refractivity contribution >= 4 is 0 Å². The summed E-state index contributed by atoms with van der Waals surface area (Å²) in [5.74, 6) is -0.0247. The van der Waals surface area contributed by atoms with Gasteiger partial charge in [0, 0.05) is 11.1 Å². The molecule has 0 amide bonds. The van der Waals surface area contributed by atoms with Gasteiger partial charge in [0.05, 0.1) is 13.2 Å². The van der Waals surface area contributed by atoms with E-state index in [1.807, 2.05) is 0 Å². The first-order valence-corrected chi connectivity index (χ1v) is 7.18. The monoisotopic (exact) mass is 286 g/mol. The highest BCUT2D eigenvalue weighted by Gasteiger charge is 2.12. The van der Waals surface area contributed by atoms with Gasteiger partial charge < -0.3 is 15.3 Å². The van der Waals surface area contributed by atoms with Crippen LogP contribution < -0.4 is 0 Å². The third kappa shape index (κ3) is 2.94. The molecule has 0 atom stereocenters. The molecule has 0 bridgehead atoms. The van der Waals surface area contributed by atoms with E-state index in [-0.39, 0.29) is 19.0 Å². The van der Waals surface area contributed by atoms with Crippen LogP contribution in [0, 0.1) is 13.8 Å². The van der Waals surface area contributed by atoms with Crippen molar-refractivity contribution in [2.45, 2.75) is 40.4 Å². The Labute approximate surface area is 125 Å². The average molecular weight is 286 g/mol. The molecule has 0 radical (unpaired) electrons. The van der Waals surface area contributed by atoms with Crippen LogP contribution in [-0.4, -0.2) is 15.3 Å². The van der Waals surface area contributed by atoms with E-state index >= 15 is 0 Å². The van der Waals surface area contributed by atoms with Gasteiger partial charge in [0.2, 0.25) is 0 Å². The van der Waals surface area contributed by atoms with E-state index in [4.69, 9.17) is 0 Å². The Kier molecular flexibility index (Phi) is 4.66. The zero-order valence-electron chi connectivity index (χ0n) is 12.8. The molecule has 0 aliphatic rings. The van der Waals surface area contributed by atoms with Crippen LogP contribution in [0.15, 0.2) is 24.3 Å². The van der Waals surface area contributed by atoms with Gasteiger partial charge in [-0.25, -0.2) is 0 Å². The lowest BCUT2D eigenvalue weighted by atomic mass is 9.92. The molecule has 0 aliphatic carbocycles. The molecule has 0 aliphatic heterocycles. The van der Waals surface area contributed by atoms with Crippen molar-refractivity contribution in [3.8, 4) is 16.9 Å². The Hall–Kier alpha value is -1.84. The first-order valence-electron chi connectivity index (χ1n) is 7.18. The summed E-state index contributed by atoms with van der Waals surface area (Å²) in [7, 11) is 0. The maximum Gasteiger partial charge on any atom is 0.126 e. The number of phenols is 1. The molecule has 21 heavy (non-hydrogen) atoms. The van der Waals surface area contributed by atoms with Crippen molar-refractivity contribution in [2.24, 2.45) is 0 Å². The predicted molar refractivity (Wildman–Crippen MR) is 84.2 cm³/mol. The summed E-state index contributed by atoms with van der Waals surface area (Å²) in [6.07, 6.45) is 0.957. The van der Waals surface area contributed by atoms with Crippen LogP contribution >= 0.6 is 0 Å². The molecule has 3 nitrogen and oxygen atoms in total. The Morgan fingerprint density at radius 2 is 1.29 bits per heavy atom. The molecule has 2 rings (SSSR count). The van der Waals surface area contributed by atoms with Crippen molar-refractivity contribution in [3.63, 3.8) is 0 Å². The van der Waals surface area contributed by atoms with Gasteiger partial charge in [-0.3, -0.25) is 0 Å². The van der Waals surface area contributed by atoms with Gasteiger partial charge in [-0.15, -0.1) is 0 Å². The van der Waals surface area contributed by atoms with Gasteiger partial charge in [0.1, 0.15) is 5.75 Å². The van der Waals surface area contributed by atoms with Crippen LogP contribution in [0.1, 0.15) is 34.7 Å². The average Bonchev–Trinajstić information content (AvgIpc) is 2.50. The largest absolute Gasteiger partial charge is 0.507 e. The van der Waals surface area contributed by atoms with Crippen molar-refractivity contribution < 1.29 is 15.3 Å². The Balaban J connectivity index is 2.64. The van der Waals surface area contributed by atoms with Crippen molar-refractivity contribution in [1.82, 2.24) is 0 Å². The molecule has 0 spiro atoms. The SMILES string of the molecule is CCc1cc(-c2cc(CO)c(O)c(CO)c2)cc(C)c1C. The highest BCUT2D eigenvalue weighted by Crippen LogP contribution is 2.32. The van der Waals surface area contributed by atoms with E-state index in [1.54, 1.807) is 12.1 Å². The van der Waals surface area contributed by atoms with Gasteiger partial charge in [-0.2, -0.15) is 0 Å². The summed E-state index contributed by atoms with van der Waals surface area (Å²) >= 11 is 0. The van der Waals surface area contributed by atoms with Crippen molar-refractivity contribution in [1.29, 1.82) is 0 Å². The van der Waals surface area contributed by atoms with Gasteiger partial charge >= 0.3 is 0 Å². The zero-order valence-corrected chi connectivity index (χ0v) is 12.8. The van der Waals surface area contributed by atoms with Crippen molar-refractivity contribution in [3.05, 3.63) is 52.1 Å². The summed E-state index contributed by atoms with van der Waals surface area (Å²) in [6, 6.07) is 7.79. The van der Waals surface area contributed by atoms with Gasteiger partial charge in [0.15, 0.2) is 0 Å². The molecule has 112 valence electrons. The summed E-state index contributed by atoms with van der Waals surface area (Å²) in [6.45, 7) is 5.82. The summed E-state index contributed by atoms with van der Waals surface area (Å²) in [4.78, 5) is 0. The Bertz CT molecular complexity index is 635. The molecular weight excluding hydrogens is 264 g/mol. The molecule has 3 N–H and O–H groups in total. The quantitative estimate of drug-likeness (QED) is 0.808. The number of hydrogen-bond donors (Lipinski definition) is 3. The minimum absolute atomic E-state index is 0.0247. The Morgan fingerprint density at radius 1 is 0.810 bits per heavy atom. The summed E-state index contributed by atoms with van der Waals surface area (Å²) in [5.41, 5.74) is 6.62. The van der Waals surface area contributed by atoms with E-state index in [0.717, 1.165) is 17.5 Å². The number of aryl methyl sites for hydroxylation is 2. The van der Waals surface area contributed by atoms with Crippen LogP contribution in [0.5, 0.6) is 5.75 Å². The zero-order chi connectivity index (χ0) is 15.6. The van der Waals surface area contributed by atoms with Gasteiger partial charge in [-0.05, 0) is 60.2 Å². The van der Waals surface area contributed by atoms with Gasteiger partial charge in [0.25, 0.3) is 0 Å². The first-order chi connectivity index (χ1) is 10.0. The number of benzene rings is 2. The Morgan fingerprint density at radius 3 is 1.76 bits per heavy atom. The topological polar surface area (TPSA) is 60.7 Å². The predicted octanol–water partition coefficient (Wildman–Crippen LogP) is 3.22. The lowest BCUT2D eigenvalue weighted by Gasteiger charge is -2.14. The normalized spacial score (nSPS) is 10.9. The van der Waals surface area contributed by atoms with Gasteiger partial charge in [-0.1, -0.05) is 19.1 Å². The third-order valence-corrected chi connectivity index (χ3v) is 4.10. The van der Waals surface area contributed by atoms with E-state index in [9.17, 15) is 15.3 Å².